The average molecular weight is 323 g/mol. The van der Waals surface area contributed by atoms with Gasteiger partial charge in [0.15, 0.2) is 6.61 Å². The molecule has 0 aromatic carbocycles. The highest BCUT2D eigenvalue weighted by Crippen LogP contribution is 2.28. The first-order valence-corrected chi connectivity index (χ1v) is 7.00. The molecule has 0 saturated carbocycles. The van der Waals surface area contributed by atoms with Crippen LogP contribution in [0.2, 0.25) is 0 Å². The van der Waals surface area contributed by atoms with E-state index in [1.54, 1.807) is 0 Å². The smallest absolute Gasteiger partial charge is 0.272 e. The van der Waals surface area contributed by atoms with E-state index in [1.165, 1.54) is 12.4 Å². The van der Waals surface area contributed by atoms with E-state index in [1.807, 2.05) is 6.08 Å². The third-order valence-corrected chi connectivity index (χ3v) is 3.57. The fourth-order valence-corrected chi connectivity index (χ4v) is 2.17. The first-order chi connectivity index (χ1) is 11.1. The number of hydrogen-bond donors (Lipinski definition) is 1. The molecule has 0 spiro atoms. The van der Waals surface area contributed by atoms with E-state index in [9.17, 15) is 8.78 Å². The molecule has 122 valence electrons. The Kier molecular flexibility index (Phi) is 4.28. The monoisotopic (exact) mass is 323 g/mol. The summed E-state index contributed by atoms with van der Waals surface area (Å²) in [6.07, 6.45) is 2.52. The van der Waals surface area contributed by atoms with Gasteiger partial charge in [-0.2, -0.15) is 4.98 Å². The molecular formula is C14H15F2N5O2. The van der Waals surface area contributed by atoms with Crippen LogP contribution in [-0.4, -0.2) is 46.2 Å². The Morgan fingerprint density at radius 3 is 2.78 bits per heavy atom. The van der Waals surface area contributed by atoms with Crippen molar-refractivity contribution in [2.24, 2.45) is 5.41 Å². The van der Waals surface area contributed by atoms with Crippen molar-refractivity contribution in [3.8, 4) is 17.4 Å². The number of nitrogens with zero attached hydrogens (tertiary/aromatic N) is 4. The van der Waals surface area contributed by atoms with Crippen LogP contribution in [0.4, 0.5) is 8.78 Å². The van der Waals surface area contributed by atoms with Gasteiger partial charge < -0.3 is 14.6 Å². The van der Waals surface area contributed by atoms with Gasteiger partial charge in [0.1, 0.15) is 5.69 Å². The zero-order valence-corrected chi connectivity index (χ0v) is 12.2. The number of nitrogens with one attached hydrogen (secondary N) is 1. The Morgan fingerprint density at radius 2 is 2.22 bits per heavy atom. The standard InChI is InChI=1S/C14H15F2N5O2/c1-2-14(7-17-8-14)3-11-20-13(21-23-11)9-4-19-12(5-18-9)22-6-10(15)16/h2,4-5,10,17H,1,3,6-8H2. The van der Waals surface area contributed by atoms with Crippen LogP contribution in [0.25, 0.3) is 11.5 Å². The van der Waals surface area contributed by atoms with Crippen molar-refractivity contribution in [3.63, 3.8) is 0 Å². The predicted molar refractivity (Wildman–Crippen MR) is 76.0 cm³/mol. The van der Waals surface area contributed by atoms with Gasteiger partial charge >= 0.3 is 0 Å². The molecule has 2 aromatic heterocycles. The minimum atomic E-state index is -2.56. The van der Waals surface area contributed by atoms with Crippen molar-refractivity contribution >= 4 is 0 Å². The van der Waals surface area contributed by atoms with E-state index in [-0.39, 0.29) is 11.3 Å². The molecular weight excluding hydrogens is 308 g/mol. The zero-order chi connectivity index (χ0) is 16.3. The third kappa shape index (κ3) is 3.50. The topological polar surface area (TPSA) is 86.0 Å². The molecule has 1 N–H and O–H groups in total. The Hall–Kier alpha value is -2.42. The van der Waals surface area contributed by atoms with Gasteiger partial charge in [-0.15, -0.1) is 6.58 Å². The van der Waals surface area contributed by atoms with Crippen molar-refractivity contribution in [1.82, 2.24) is 25.4 Å². The van der Waals surface area contributed by atoms with Crippen LogP contribution in [0, 0.1) is 5.41 Å². The van der Waals surface area contributed by atoms with Crippen molar-refractivity contribution in [1.29, 1.82) is 0 Å². The van der Waals surface area contributed by atoms with Gasteiger partial charge in [0.25, 0.3) is 6.43 Å². The summed E-state index contributed by atoms with van der Waals surface area (Å²) in [4.78, 5) is 12.2. The van der Waals surface area contributed by atoms with Crippen LogP contribution in [0.15, 0.2) is 29.6 Å². The summed E-state index contributed by atoms with van der Waals surface area (Å²) in [6, 6.07) is 0. The number of aromatic nitrogens is 4. The lowest BCUT2D eigenvalue weighted by Gasteiger charge is -2.38. The first-order valence-electron chi connectivity index (χ1n) is 7.00. The third-order valence-electron chi connectivity index (χ3n) is 3.57. The zero-order valence-electron chi connectivity index (χ0n) is 12.2. The number of halogens is 2. The summed E-state index contributed by atoms with van der Waals surface area (Å²) in [6.45, 7) is 4.76. The maximum absolute atomic E-state index is 12.0. The van der Waals surface area contributed by atoms with Gasteiger partial charge in [0.2, 0.25) is 17.6 Å². The average Bonchev–Trinajstić information content (AvgIpc) is 2.98. The van der Waals surface area contributed by atoms with Crippen molar-refractivity contribution in [2.75, 3.05) is 19.7 Å². The van der Waals surface area contributed by atoms with Crippen LogP contribution in [0.3, 0.4) is 0 Å². The number of hydrogen-bond acceptors (Lipinski definition) is 7. The maximum Gasteiger partial charge on any atom is 0.272 e. The molecule has 0 amide bonds. The van der Waals surface area contributed by atoms with Gasteiger partial charge in [-0.1, -0.05) is 11.2 Å². The fraction of sp³-hybridized carbons (Fsp3) is 0.429. The summed E-state index contributed by atoms with van der Waals surface area (Å²) in [5, 5.41) is 7.05. The van der Waals surface area contributed by atoms with Gasteiger partial charge in [-0.25, -0.2) is 18.7 Å². The lowest BCUT2D eigenvalue weighted by Crippen LogP contribution is -2.53. The molecule has 0 atom stereocenters. The van der Waals surface area contributed by atoms with Gasteiger partial charge in [0, 0.05) is 24.9 Å². The Labute approximate surface area is 130 Å². The molecule has 3 rings (SSSR count). The van der Waals surface area contributed by atoms with Crippen LogP contribution in [-0.2, 0) is 6.42 Å². The van der Waals surface area contributed by atoms with Crippen LogP contribution < -0.4 is 10.1 Å². The first kappa shape index (κ1) is 15.5. The largest absolute Gasteiger partial charge is 0.470 e. The van der Waals surface area contributed by atoms with Crippen molar-refractivity contribution in [3.05, 3.63) is 30.9 Å². The SMILES string of the molecule is C=CC1(Cc2nc(-c3cnc(OCC(F)F)cn3)no2)CNC1. The van der Waals surface area contributed by atoms with Crippen LogP contribution in [0.1, 0.15) is 5.89 Å². The van der Waals surface area contributed by atoms with Crippen LogP contribution in [0.5, 0.6) is 5.88 Å². The van der Waals surface area contributed by atoms with E-state index >= 15 is 0 Å². The molecule has 9 heteroatoms. The molecule has 1 aliphatic rings. The molecule has 23 heavy (non-hydrogen) atoms. The normalized spacial score (nSPS) is 16.1. The van der Waals surface area contributed by atoms with E-state index in [0.717, 1.165) is 13.1 Å². The van der Waals surface area contributed by atoms with Crippen LogP contribution >= 0.6 is 0 Å². The number of alkyl halides is 2. The molecule has 1 aliphatic heterocycles. The van der Waals surface area contributed by atoms with Gasteiger partial charge in [-0.3, -0.25) is 0 Å². The molecule has 0 aliphatic carbocycles. The highest BCUT2D eigenvalue weighted by atomic mass is 19.3. The summed E-state index contributed by atoms with van der Waals surface area (Å²) in [7, 11) is 0. The minimum absolute atomic E-state index is 0.0175. The lowest BCUT2D eigenvalue weighted by atomic mass is 9.79. The molecule has 0 unspecified atom stereocenters. The predicted octanol–water partition coefficient (Wildman–Crippen LogP) is 1.49. The Balaban J connectivity index is 1.66. The summed E-state index contributed by atoms with van der Waals surface area (Å²) >= 11 is 0. The molecule has 0 radical (unpaired) electrons. The highest BCUT2D eigenvalue weighted by Gasteiger charge is 2.35. The van der Waals surface area contributed by atoms with Crippen molar-refractivity contribution < 1.29 is 18.0 Å². The second-order valence-corrected chi connectivity index (χ2v) is 5.30. The quantitative estimate of drug-likeness (QED) is 0.773. The molecule has 1 saturated heterocycles. The minimum Gasteiger partial charge on any atom is -0.470 e. The second-order valence-electron chi connectivity index (χ2n) is 5.30. The summed E-state index contributed by atoms with van der Waals surface area (Å²) < 4.78 is 34.1. The molecule has 2 aromatic rings. The summed E-state index contributed by atoms with van der Waals surface area (Å²) in [5.74, 6) is 0.796. The molecule has 1 fully saturated rings. The van der Waals surface area contributed by atoms with E-state index in [0.29, 0.717) is 23.8 Å². The van der Waals surface area contributed by atoms with Gasteiger partial charge in [-0.05, 0) is 0 Å². The Bertz CT molecular complexity index is 670. The maximum atomic E-state index is 12.0. The highest BCUT2D eigenvalue weighted by molar-refractivity contribution is 5.46. The molecule has 3 heterocycles. The molecule has 7 nitrogen and oxygen atoms in total. The fourth-order valence-electron chi connectivity index (χ4n) is 2.17. The number of ether oxygens (including phenoxy) is 1. The van der Waals surface area contributed by atoms with Crippen molar-refractivity contribution in [2.45, 2.75) is 12.8 Å². The Morgan fingerprint density at radius 1 is 1.39 bits per heavy atom. The lowest BCUT2D eigenvalue weighted by molar-refractivity contribution is 0.0794. The molecule has 0 bridgehead atoms. The van der Waals surface area contributed by atoms with E-state index in [2.05, 4.69) is 32.0 Å². The second kappa shape index (κ2) is 6.37. The van der Waals surface area contributed by atoms with E-state index in [4.69, 9.17) is 9.26 Å². The number of rotatable bonds is 7. The van der Waals surface area contributed by atoms with Gasteiger partial charge in [0.05, 0.1) is 12.4 Å². The summed E-state index contributed by atoms with van der Waals surface area (Å²) in [5.41, 5.74) is 0.325. The van der Waals surface area contributed by atoms with E-state index < -0.39 is 13.0 Å².